The van der Waals surface area contributed by atoms with E-state index in [1.54, 1.807) is 24.3 Å². The highest BCUT2D eigenvalue weighted by Crippen LogP contribution is 2.45. The Balaban J connectivity index is 1.64. The molecule has 0 unspecified atom stereocenters. The Morgan fingerprint density at radius 3 is 2.30 bits per heavy atom. The van der Waals surface area contributed by atoms with Crippen molar-refractivity contribution in [1.29, 1.82) is 0 Å². The molecule has 4 rings (SSSR count). The van der Waals surface area contributed by atoms with Crippen molar-refractivity contribution in [2.24, 2.45) is 17.8 Å². The summed E-state index contributed by atoms with van der Waals surface area (Å²) in [7, 11) is -3.61. The van der Waals surface area contributed by atoms with Gasteiger partial charge < -0.3 is 0 Å². The Kier molecular flexibility index (Phi) is 4.20. The Hall–Kier alpha value is -0.390. The Morgan fingerprint density at radius 2 is 1.75 bits per heavy atom. The lowest BCUT2D eigenvalue weighted by molar-refractivity contribution is 0.0637. The van der Waals surface area contributed by atoms with Gasteiger partial charge in [-0.2, -0.15) is 8.42 Å². The monoisotopic (exact) mass is 358 g/mol. The molecule has 1 atom stereocenters. The predicted molar refractivity (Wildman–Crippen MR) is 80.8 cm³/mol. The zero-order chi connectivity index (χ0) is 14.2. The largest absolute Gasteiger partial charge is 0.296 e. The van der Waals surface area contributed by atoms with Crippen molar-refractivity contribution in [3.05, 3.63) is 28.7 Å². The van der Waals surface area contributed by atoms with E-state index in [9.17, 15) is 8.42 Å². The molecule has 0 N–H and O–H groups in total. The molecule has 5 heteroatoms. The second-order valence-electron chi connectivity index (χ2n) is 5.97. The highest BCUT2D eigenvalue weighted by molar-refractivity contribution is 9.10. The van der Waals surface area contributed by atoms with E-state index < -0.39 is 10.1 Å². The van der Waals surface area contributed by atoms with Crippen LogP contribution in [0.15, 0.2) is 33.6 Å². The second kappa shape index (κ2) is 5.78. The highest BCUT2D eigenvalue weighted by Gasteiger charge is 2.36. The van der Waals surface area contributed by atoms with Crippen LogP contribution in [0.4, 0.5) is 0 Å². The van der Waals surface area contributed by atoms with Crippen molar-refractivity contribution >= 4 is 26.0 Å². The Bertz CT molecular complexity index is 559. The zero-order valence-corrected chi connectivity index (χ0v) is 13.7. The first-order valence-electron chi connectivity index (χ1n) is 7.19. The van der Waals surface area contributed by atoms with Gasteiger partial charge in [-0.15, -0.1) is 0 Å². The second-order valence-corrected chi connectivity index (χ2v) is 8.50. The first kappa shape index (κ1) is 14.5. The van der Waals surface area contributed by atoms with Gasteiger partial charge in [0.25, 0.3) is 10.1 Å². The van der Waals surface area contributed by atoms with Crippen LogP contribution in [0.5, 0.6) is 0 Å². The molecule has 1 aromatic rings. The van der Waals surface area contributed by atoms with Crippen LogP contribution in [0.1, 0.15) is 32.1 Å². The van der Waals surface area contributed by atoms with Gasteiger partial charge >= 0.3 is 0 Å². The summed E-state index contributed by atoms with van der Waals surface area (Å²) < 4.78 is 30.5. The fraction of sp³-hybridized carbons (Fsp3) is 0.600. The highest BCUT2D eigenvalue weighted by atomic mass is 79.9. The number of hydrogen-bond acceptors (Lipinski definition) is 3. The van der Waals surface area contributed by atoms with Gasteiger partial charge in [-0.25, -0.2) is 0 Å². The van der Waals surface area contributed by atoms with Crippen molar-refractivity contribution in [3.63, 3.8) is 0 Å². The molecule has 20 heavy (non-hydrogen) atoms. The van der Waals surface area contributed by atoms with Gasteiger partial charge in [0.05, 0.1) is 11.5 Å². The third kappa shape index (κ3) is 3.10. The summed E-state index contributed by atoms with van der Waals surface area (Å²) >= 11 is 3.30. The van der Waals surface area contributed by atoms with E-state index in [1.807, 2.05) is 0 Å². The summed E-state index contributed by atoms with van der Waals surface area (Å²) in [5, 5.41) is 0. The number of halogens is 1. The average Bonchev–Trinajstić information content (AvgIpc) is 2.47. The molecule has 0 aromatic heterocycles. The summed E-state index contributed by atoms with van der Waals surface area (Å²) in [6, 6.07) is 6.59. The van der Waals surface area contributed by atoms with E-state index in [2.05, 4.69) is 15.9 Å². The number of rotatable bonds is 4. The fourth-order valence-corrected chi connectivity index (χ4v) is 4.79. The standard InChI is InChI=1S/C15H19BrO3S/c16-14-5-7-15(8-6-14)20(17,18)19-10-13-9-11-1-3-12(13)4-2-11/h5-8,11-13H,1-4,9-10H2/t11?,12?,13-/m0/s1. The maximum absolute atomic E-state index is 12.2. The van der Waals surface area contributed by atoms with E-state index in [4.69, 9.17) is 4.18 Å². The number of hydrogen-bond donors (Lipinski definition) is 0. The quantitative estimate of drug-likeness (QED) is 0.764. The van der Waals surface area contributed by atoms with Crippen molar-refractivity contribution in [1.82, 2.24) is 0 Å². The lowest BCUT2D eigenvalue weighted by atomic mass is 9.65. The molecule has 3 fully saturated rings. The van der Waals surface area contributed by atoms with Crippen LogP contribution >= 0.6 is 15.9 Å². The third-order valence-electron chi connectivity index (χ3n) is 4.73. The maximum atomic E-state index is 12.2. The molecular weight excluding hydrogens is 340 g/mol. The first-order valence-corrected chi connectivity index (χ1v) is 9.40. The molecular formula is C15H19BrO3S. The Morgan fingerprint density at radius 1 is 1.10 bits per heavy atom. The lowest BCUT2D eigenvalue weighted by Crippen LogP contribution is -2.34. The first-order chi connectivity index (χ1) is 9.54. The van der Waals surface area contributed by atoms with E-state index >= 15 is 0 Å². The maximum Gasteiger partial charge on any atom is 0.296 e. The minimum atomic E-state index is -3.61. The molecule has 0 saturated heterocycles. The van der Waals surface area contributed by atoms with Gasteiger partial charge in [-0.05, 0) is 61.3 Å². The van der Waals surface area contributed by atoms with E-state index in [0.717, 1.165) is 16.8 Å². The molecule has 0 aliphatic heterocycles. The lowest BCUT2D eigenvalue weighted by Gasteiger charge is -2.42. The van der Waals surface area contributed by atoms with Gasteiger partial charge in [0.15, 0.2) is 0 Å². The normalized spacial score (nSPS) is 29.6. The van der Waals surface area contributed by atoms with Crippen molar-refractivity contribution in [2.75, 3.05) is 6.61 Å². The van der Waals surface area contributed by atoms with Crippen LogP contribution < -0.4 is 0 Å². The minimum absolute atomic E-state index is 0.238. The number of fused-ring (bicyclic) bond motifs is 3. The van der Waals surface area contributed by atoms with E-state index in [-0.39, 0.29) is 4.90 Å². The Labute approximate surface area is 129 Å². The zero-order valence-electron chi connectivity index (χ0n) is 11.3. The molecule has 2 bridgehead atoms. The van der Waals surface area contributed by atoms with E-state index in [1.165, 1.54) is 25.7 Å². The summed E-state index contributed by atoms with van der Waals surface area (Å²) in [4.78, 5) is 0.238. The molecule has 1 aromatic carbocycles. The molecule has 110 valence electrons. The SMILES string of the molecule is O=S(=O)(OC[C@@H]1CC2CCC1CC2)c1ccc(Br)cc1. The molecule has 3 nitrogen and oxygen atoms in total. The molecule has 0 spiro atoms. The molecule has 3 aliphatic rings. The van der Waals surface area contributed by atoms with Crippen LogP contribution in [0.3, 0.4) is 0 Å². The van der Waals surface area contributed by atoms with Crippen LogP contribution in [-0.4, -0.2) is 15.0 Å². The van der Waals surface area contributed by atoms with Crippen molar-refractivity contribution < 1.29 is 12.6 Å². The molecule has 3 saturated carbocycles. The predicted octanol–water partition coefficient (Wildman–Crippen LogP) is 3.98. The van der Waals surface area contributed by atoms with Gasteiger partial charge in [0.2, 0.25) is 0 Å². The van der Waals surface area contributed by atoms with Crippen LogP contribution in [0, 0.1) is 17.8 Å². The van der Waals surface area contributed by atoms with Crippen LogP contribution in [0.25, 0.3) is 0 Å². The van der Waals surface area contributed by atoms with Crippen LogP contribution in [-0.2, 0) is 14.3 Å². The van der Waals surface area contributed by atoms with Gasteiger partial charge in [0.1, 0.15) is 0 Å². The summed E-state index contributed by atoms with van der Waals surface area (Å²) in [6.07, 6.45) is 6.27. The van der Waals surface area contributed by atoms with Gasteiger partial charge in [-0.1, -0.05) is 28.8 Å². The van der Waals surface area contributed by atoms with Crippen molar-refractivity contribution in [3.8, 4) is 0 Å². The van der Waals surface area contributed by atoms with E-state index in [0.29, 0.717) is 18.4 Å². The molecule has 0 radical (unpaired) electrons. The summed E-state index contributed by atoms with van der Waals surface area (Å²) in [6.45, 7) is 0.347. The summed E-state index contributed by atoms with van der Waals surface area (Å²) in [5.41, 5.74) is 0. The molecule has 0 amide bonds. The molecule has 3 aliphatic carbocycles. The van der Waals surface area contributed by atoms with Crippen LogP contribution in [0.2, 0.25) is 0 Å². The molecule has 0 heterocycles. The fourth-order valence-electron chi connectivity index (χ4n) is 3.57. The van der Waals surface area contributed by atoms with Gasteiger partial charge in [0, 0.05) is 4.47 Å². The van der Waals surface area contributed by atoms with Crippen molar-refractivity contribution in [2.45, 2.75) is 37.0 Å². The smallest absolute Gasteiger partial charge is 0.266 e. The third-order valence-corrected chi connectivity index (χ3v) is 6.56. The summed E-state index contributed by atoms with van der Waals surface area (Å²) in [5.74, 6) is 1.89. The van der Waals surface area contributed by atoms with Gasteiger partial charge in [-0.3, -0.25) is 4.18 Å². The average molecular weight is 359 g/mol. The number of benzene rings is 1. The topological polar surface area (TPSA) is 43.4 Å². The minimum Gasteiger partial charge on any atom is -0.266 e.